The first-order chi connectivity index (χ1) is 14.2. The van der Waals surface area contributed by atoms with Crippen molar-refractivity contribution < 1.29 is 5.11 Å². The molecule has 0 amide bonds. The van der Waals surface area contributed by atoms with E-state index in [0.717, 1.165) is 37.0 Å². The normalized spacial score (nSPS) is 24.5. The highest BCUT2D eigenvalue weighted by atomic mass is 16.2. The Hall–Kier alpha value is -1.34. The second kappa shape index (κ2) is 11.7. The van der Waals surface area contributed by atoms with E-state index in [1.807, 2.05) is 0 Å². The van der Waals surface area contributed by atoms with Crippen LogP contribution in [-0.4, -0.2) is 11.7 Å². The summed E-state index contributed by atoms with van der Waals surface area (Å²) in [7, 11) is 0. The van der Waals surface area contributed by atoms with Crippen LogP contribution in [0.5, 0.6) is 0 Å². The van der Waals surface area contributed by atoms with Gasteiger partial charge in [-0.15, -0.1) is 0 Å². The largest absolute Gasteiger partial charge is 0.396 e. The van der Waals surface area contributed by atoms with Crippen LogP contribution in [0.25, 0.3) is 5.57 Å². The van der Waals surface area contributed by atoms with E-state index in [0.29, 0.717) is 0 Å². The first-order valence-corrected chi connectivity index (χ1v) is 12.4. The molecule has 0 heterocycles. The second-order valence-corrected chi connectivity index (χ2v) is 9.37. The summed E-state index contributed by atoms with van der Waals surface area (Å²) in [5.74, 6) is 2.66. The van der Waals surface area contributed by atoms with Gasteiger partial charge in [0.2, 0.25) is 0 Å². The molecule has 2 aliphatic rings. The molecule has 1 nitrogen and oxygen atoms in total. The maximum absolute atomic E-state index is 9.09. The van der Waals surface area contributed by atoms with E-state index in [2.05, 4.69) is 50.3 Å². The van der Waals surface area contributed by atoms with Crippen LogP contribution < -0.4 is 0 Å². The van der Waals surface area contributed by atoms with Crippen molar-refractivity contribution in [3.05, 3.63) is 53.1 Å². The molecule has 0 spiro atoms. The predicted octanol–water partition coefficient (Wildman–Crippen LogP) is 7.52. The zero-order chi connectivity index (χ0) is 20.5. The molecule has 3 rings (SSSR count). The van der Waals surface area contributed by atoms with E-state index in [4.69, 9.17) is 5.11 Å². The number of hydrogen-bond donors (Lipinski definition) is 1. The fourth-order valence-electron chi connectivity index (χ4n) is 5.43. The van der Waals surface area contributed by atoms with Gasteiger partial charge in [0.25, 0.3) is 0 Å². The zero-order valence-electron chi connectivity index (χ0n) is 18.8. The molecule has 1 saturated carbocycles. The quantitative estimate of drug-likeness (QED) is 0.407. The van der Waals surface area contributed by atoms with Gasteiger partial charge in [0, 0.05) is 6.61 Å². The standard InChI is InChI=1S/C28H42O/c1-3-5-6-8-22-10-13-25(14-11-22)26-15-17-27(18-16-26)28-19-12-23(9-7-20-29)21-24(28)4-2/h12,15,17-19,21-22,25-26,29H,3-11,13-14,16,20H2,1-2H3. The Labute approximate surface area is 179 Å². The van der Waals surface area contributed by atoms with Crippen LogP contribution in [0, 0.1) is 17.8 Å². The number of aryl methyl sites for hydroxylation is 2. The molecule has 1 fully saturated rings. The van der Waals surface area contributed by atoms with Gasteiger partial charge in [-0.3, -0.25) is 0 Å². The summed E-state index contributed by atoms with van der Waals surface area (Å²) in [5, 5.41) is 9.09. The molecule has 0 radical (unpaired) electrons. The minimum absolute atomic E-state index is 0.277. The number of hydrogen-bond acceptors (Lipinski definition) is 1. The molecule has 1 atom stereocenters. The summed E-state index contributed by atoms with van der Waals surface area (Å²) in [5.41, 5.74) is 5.63. The average Bonchev–Trinajstić information content (AvgIpc) is 2.78. The minimum atomic E-state index is 0.277. The summed E-state index contributed by atoms with van der Waals surface area (Å²) in [6.07, 6.45) is 23.0. The maximum Gasteiger partial charge on any atom is 0.0434 e. The third-order valence-electron chi connectivity index (χ3n) is 7.33. The molecule has 1 N–H and O–H groups in total. The Kier molecular flexibility index (Phi) is 9.05. The molecular weight excluding hydrogens is 352 g/mol. The Morgan fingerprint density at radius 2 is 1.83 bits per heavy atom. The van der Waals surface area contributed by atoms with Crippen LogP contribution in [-0.2, 0) is 12.8 Å². The summed E-state index contributed by atoms with van der Waals surface area (Å²) < 4.78 is 0. The van der Waals surface area contributed by atoms with Gasteiger partial charge in [0.05, 0.1) is 0 Å². The Bertz CT molecular complexity index is 676. The highest BCUT2D eigenvalue weighted by molar-refractivity contribution is 5.77. The van der Waals surface area contributed by atoms with Gasteiger partial charge in [0.15, 0.2) is 0 Å². The lowest BCUT2D eigenvalue weighted by molar-refractivity contribution is 0.219. The molecule has 1 aromatic rings. The monoisotopic (exact) mass is 394 g/mol. The van der Waals surface area contributed by atoms with Gasteiger partial charge in [0.1, 0.15) is 0 Å². The van der Waals surface area contributed by atoms with Crippen molar-refractivity contribution >= 4 is 5.57 Å². The molecule has 1 aromatic carbocycles. The molecule has 0 aromatic heterocycles. The lowest BCUT2D eigenvalue weighted by Crippen LogP contribution is -2.21. The topological polar surface area (TPSA) is 20.2 Å². The summed E-state index contributed by atoms with van der Waals surface area (Å²) in [4.78, 5) is 0. The van der Waals surface area contributed by atoms with E-state index >= 15 is 0 Å². The highest BCUT2D eigenvalue weighted by Crippen LogP contribution is 2.40. The second-order valence-electron chi connectivity index (χ2n) is 9.37. The van der Waals surface area contributed by atoms with Gasteiger partial charge >= 0.3 is 0 Å². The van der Waals surface area contributed by atoms with E-state index in [-0.39, 0.29) is 6.61 Å². The number of aliphatic hydroxyl groups excluding tert-OH is 1. The summed E-state index contributed by atoms with van der Waals surface area (Å²) in [6, 6.07) is 6.92. The summed E-state index contributed by atoms with van der Waals surface area (Å²) >= 11 is 0. The molecule has 29 heavy (non-hydrogen) atoms. The molecule has 2 aliphatic carbocycles. The van der Waals surface area contributed by atoms with Crippen molar-refractivity contribution in [2.24, 2.45) is 17.8 Å². The lowest BCUT2D eigenvalue weighted by atomic mass is 9.72. The van der Waals surface area contributed by atoms with Crippen LogP contribution in [0.3, 0.4) is 0 Å². The summed E-state index contributed by atoms with van der Waals surface area (Å²) in [6.45, 7) is 4.84. The number of rotatable bonds is 10. The van der Waals surface area contributed by atoms with E-state index in [9.17, 15) is 0 Å². The minimum Gasteiger partial charge on any atom is -0.396 e. The smallest absolute Gasteiger partial charge is 0.0434 e. The first-order valence-electron chi connectivity index (χ1n) is 12.4. The molecular formula is C28H42O. The fraction of sp³-hybridized carbons (Fsp3) is 0.643. The molecule has 0 bridgehead atoms. The van der Waals surface area contributed by atoms with Crippen LogP contribution >= 0.6 is 0 Å². The zero-order valence-corrected chi connectivity index (χ0v) is 18.8. The van der Waals surface area contributed by atoms with Crippen LogP contribution in [0.2, 0.25) is 0 Å². The van der Waals surface area contributed by atoms with Crippen LogP contribution in [0.1, 0.15) is 94.7 Å². The number of unbranched alkanes of at least 4 members (excludes halogenated alkanes) is 2. The van der Waals surface area contributed by atoms with E-state index in [1.165, 1.54) is 80.1 Å². The number of benzene rings is 1. The van der Waals surface area contributed by atoms with Crippen molar-refractivity contribution in [2.45, 2.75) is 90.9 Å². The SMILES string of the molecule is CCCCCC1CCC(C2C=CC(c3ccc(CCCO)cc3CC)=CC2)CC1. The van der Waals surface area contributed by atoms with Crippen molar-refractivity contribution in [3.8, 4) is 0 Å². The molecule has 1 heteroatoms. The van der Waals surface area contributed by atoms with Gasteiger partial charge in [-0.25, -0.2) is 0 Å². The van der Waals surface area contributed by atoms with E-state index in [1.54, 1.807) is 0 Å². The Morgan fingerprint density at radius 3 is 2.48 bits per heavy atom. The molecule has 0 saturated heterocycles. The highest BCUT2D eigenvalue weighted by Gasteiger charge is 2.26. The van der Waals surface area contributed by atoms with Crippen molar-refractivity contribution in [3.63, 3.8) is 0 Å². The van der Waals surface area contributed by atoms with Crippen LogP contribution in [0.15, 0.2) is 36.4 Å². The molecule has 0 aliphatic heterocycles. The van der Waals surface area contributed by atoms with Crippen LogP contribution in [0.4, 0.5) is 0 Å². The van der Waals surface area contributed by atoms with E-state index < -0.39 is 0 Å². The van der Waals surface area contributed by atoms with Crippen molar-refractivity contribution in [1.82, 2.24) is 0 Å². The van der Waals surface area contributed by atoms with Gasteiger partial charge in [-0.2, -0.15) is 0 Å². The van der Waals surface area contributed by atoms with Gasteiger partial charge < -0.3 is 5.11 Å². The molecule has 1 unspecified atom stereocenters. The van der Waals surface area contributed by atoms with Gasteiger partial charge in [-0.05, 0) is 78.5 Å². The maximum atomic E-state index is 9.09. The number of allylic oxidation sites excluding steroid dienone is 4. The average molecular weight is 395 g/mol. The third-order valence-corrected chi connectivity index (χ3v) is 7.33. The predicted molar refractivity (Wildman–Crippen MR) is 126 cm³/mol. The Balaban J connectivity index is 1.54. The first kappa shape index (κ1) is 22.3. The van der Waals surface area contributed by atoms with Crippen molar-refractivity contribution in [1.29, 1.82) is 0 Å². The number of aliphatic hydroxyl groups is 1. The molecule has 160 valence electrons. The van der Waals surface area contributed by atoms with Crippen molar-refractivity contribution in [2.75, 3.05) is 6.61 Å². The van der Waals surface area contributed by atoms with Gasteiger partial charge in [-0.1, -0.05) is 88.8 Å². The lowest BCUT2D eigenvalue weighted by Gasteiger charge is -2.33. The Morgan fingerprint density at radius 1 is 1.00 bits per heavy atom. The third kappa shape index (κ3) is 6.32. The fourth-order valence-corrected chi connectivity index (χ4v) is 5.43.